The van der Waals surface area contributed by atoms with Gasteiger partial charge >= 0.3 is 0 Å². The molecule has 132 valence electrons. The van der Waals surface area contributed by atoms with E-state index < -0.39 is 4.92 Å². The first kappa shape index (κ1) is 16.4. The van der Waals surface area contributed by atoms with E-state index in [1.165, 1.54) is 18.2 Å². The van der Waals surface area contributed by atoms with Crippen LogP contribution >= 0.6 is 0 Å². The van der Waals surface area contributed by atoms with Gasteiger partial charge in [0.15, 0.2) is 5.82 Å². The highest BCUT2D eigenvalue weighted by Gasteiger charge is 2.16. The van der Waals surface area contributed by atoms with Crippen LogP contribution in [-0.2, 0) is 0 Å². The summed E-state index contributed by atoms with van der Waals surface area (Å²) in [7, 11) is 0. The molecule has 8 heteroatoms. The second-order valence-electron chi connectivity index (χ2n) is 5.74. The topological polar surface area (TPSA) is 105 Å². The van der Waals surface area contributed by atoms with Crippen LogP contribution in [0.5, 0.6) is 5.75 Å². The summed E-state index contributed by atoms with van der Waals surface area (Å²) >= 11 is 0. The lowest BCUT2D eigenvalue weighted by Crippen LogP contribution is -1.88. The molecule has 8 nitrogen and oxygen atoms in total. The van der Waals surface area contributed by atoms with Crippen molar-refractivity contribution in [3.8, 4) is 17.0 Å². The molecule has 0 radical (unpaired) electrons. The predicted molar refractivity (Wildman–Crippen MR) is 99.6 cm³/mol. The Labute approximate surface area is 153 Å². The monoisotopic (exact) mass is 359 g/mol. The first-order valence-electron chi connectivity index (χ1n) is 8.04. The number of pyridine rings is 1. The molecule has 0 aliphatic rings. The van der Waals surface area contributed by atoms with E-state index in [4.69, 9.17) is 0 Å². The van der Waals surface area contributed by atoms with Crippen molar-refractivity contribution < 1.29 is 10.0 Å². The van der Waals surface area contributed by atoms with Gasteiger partial charge in [-0.05, 0) is 24.3 Å². The highest BCUT2D eigenvalue weighted by atomic mass is 16.6. The molecule has 0 fully saturated rings. The molecule has 0 aliphatic carbocycles. The number of non-ortho nitro benzene ring substituents is 1. The number of hydrogen-bond donors (Lipinski definition) is 1. The van der Waals surface area contributed by atoms with Crippen LogP contribution in [-0.4, -0.2) is 19.4 Å². The van der Waals surface area contributed by atoms with Crippen molar-refractivity contribution in [3.05, 3.63) is 83.0 Å². The Kier molecular flexibility index (Phi) is 4.06. The summed E-state index contributed by atoms with van der Waals surface area (Å²) in [6, 6.07) is 18.1. The number of hydrogen-bond acceptors (Lipinski definition) is 6. The second kappa shape index (κ2) is 6.68. The predicted octanol–water partition coefficient (Wildman–Crippen LogP) is 5.03. The Balaban J connectivity index is 1.87. The molecule has 4 rings (SSSR count). The van der Waals surface area contributed by atoms with Gasteiger partial charge in [-0.2, -0.15) is 0 Å². The molecule has 0 unspecified atom stereocenters. The third-order valence-electron chi connectivity index (χ3n) is 3.93. The van der Waals surface area contributed by atoms with Crippen molar-refractivity contribution >= 4 is 22.8 Å². The molecule has 1 N–H and O–H groups in total. The number of phenols is 1. The van der Waals surface area contributed by atoms with E-state index in [-0.39, 0.29) is 11.4 Å². The minimum Gasteiger partial charge on any atom is -0.508 e. The first-order chi connectivity index (χ1) is 13.1. The normalized spacial score (nSPS) is 11.3. The van der Waals surface area contributed by atoms with E-state index in [0.29, 0.717) is 28.4 Å². The number of nitro benzene ring substituents is 1. The third-order valence-corrected chi connectivity index (χ3v) is 3.93. The molecular weight excluding hydrogens is 346 g/mol. The highest BCUT2D eigenvalue weighted by molar-refractivity contribution is 5.75. The van der Waals surface area contributed by atoms with Crippen molar-refractivity contribution in [2.45, 2.75) is 0 Å². The third kappa shape index (κ3) is 3.23. The molecular formula is C19H13N5O3. The molecule has 0 atom stereocenters. The van der Waals surface area contributed by atoms with E-state index >= 15 is 0 Å². The zero-order valence-corrected chi connectivity index (χ0v) is 13.9. The fraction of sp³-hybridized carbons (Fsp3) is 0. The Hall–Kier alpha value is -4.07. The Morgan fingerprint density at radius 1 is 1.00 bits per heavy atom. The molecule has 0 bridgehead atoms. The number of aromatic hydroxyl groups is 1. The molecule has 2 aromatic heterocycles. The number of fused-ring (bicyclic) bond motifs is 1. The summed E-state index contributed by atoms with van der Waals surface area (Å²) in [4.78, 5) is 15.2. The number of nitro groups is 1. The minimum absolute atomic E-state index is 0.0274. The average Bonchev–Trinajstić information content (AvgIpc) is 3.05. The van der Waals surface area contributed by atoms with Crippen LogP contribution in [0.4, 0.5) is 17.2 Å². The SMILES string of the molecule is O=[N+]([O-])c1cccc(-c2nc3ccccn3c2N=Nc2cccc(O)c2)c1. The van der Waals surface area contributed by atoms with Gasteiger partial charge in [-0.1, -0.05) is 24.3 Å². The van der Waals surface area contributed by atoms with Crippen LogP contribution in [0, 0.1) is 10.1 Å². The summed E-state index contributed by atoms with van der Waals surface area (Å²) in [5.74, 6) is 0.526. The number of phenolic OH excluding ortho intramolecular Hbond substituents is 1. The van der Waals surface area contributed by atoms with Gasteiger partial charge in [0.2, 0.25) is 0 Å². The lowest BCUT2D eigenvalue weighted by atomic mass is 10.1. The van der Waals surface area contributed by atoms with E-state index in [1.54, 1.807) is 40.9 Å². The van der Waals surface area contributed by atoms with Crippen LogP contribution in [0.3, 0.4) is 0 Å². The van der Waals surface area contributed by atoms with Gasteiger partial charge in [0.1, 0.15) is 17.1 Å². The van der Waals surface area contributed by atoms with Gasteiger partial charge < -0.3 is 5.11 Å². The maximum absolute atomic E-state index is 11.1. The average molecular weight is 359 g/mol. The van der Waals surface area contributed by atoms with Crippen molar-refractivity contribution in [2.75, 3.05) is 0 Å². The number of aromatic nitrogens is 2. The van der Waals surface area contributed by atoms with Crippen LogP contribution in [0.25, 0.3) is 16.9 Å². The molecule has 0 saturated heterocycles. The Morgan fingerprint density at radius 2 is 1.85 bits per heavy atom. The van der Waals surface area contributed by atoms with Crippen LogP contribution in [0.2, 0.25) is 0 Å². The van der Waals surface area contributed by atoms with Gasteiger partial charge in [-0.25, -0.2) is 4.98 Å². The van der Waals surface area contributed by atoms with E-state index in [1.807, 2.05) is 18.2 Å². The van der Waals surface area contributed by atoms with Gasteiger partial charge in [0, 0.05) is 30.0 Å². The molecule has 2 heterocycles. The van der Waals surface area contributed by atoms with Crippen LogP contribution in [0.15, 0.2) is 83.2 Å². The quantitative estimate of drug-likeness (QED) is 0.313. The number of nitrogens with zero attached hydrogens (tertiary/aromatic N) is 5. The van der Waals surface area contributed by atoms with Crippen molar-refractivity contribution in [2.24, 2.45) is 10.2 Å². The fourth-order valence-corrected chi connectivity index (χ4v) is 2.70. The number of azo groups is 1. The first-order valence-corrected chi connectivity index (χ1v) is 8.04. The van der Waals surface area contributed by atoms with E-state index in [0.717, 1.165) is 0 Å². The number of rotatable bonds is 4. The van der Waals surface area contributed by atoms with Crippen LogP contribution < -0.4 is 0 Å². The van der Waals surface area contributed by atoms with Crippen molar-refractivity contribution in [3.63, 3.8) is 0 Å². The maximum Gasteiger partial charge on any atom is 0.270 e. The lowest BCUT2D eigenvalue weighted by molar-refractivity contribution is -0.384. The van der Waals surface area contributed by atoms with E-state index in [9.17, 15) is 15.2 Å². The zero-order chi connectivity index (χ0) is 18.8. The standard InChI is InChI=1S/C19H13N5O3/c25-16-8-4-6-14(12-16)21-22-19-18(20-17-9-1-2-10-23(17)19)13-5-3-7-15(11-13)24(26)27/h1-12,25H. The summed E-state index contributed by atoms with van der Waals surface area (Å²) in [6.07, 6.45) is 1.79. The van der Waals surface area contributed by atoms with Gasteiger partial charge in [-0.15, -0.1) is 10.2 Å². The molecule has 2 aromatic carbocycles. The Morgan fingerprint density at radius 3 is 2.67 bits per heavy atom. The Bertz CT molecular complexity index is 1180. The van der Waals surface area contributed by atoms with Crippen molar-refractivity contribution in [1.29, 1.82) is 0 Å². The van der Waals surface area contributed by atoms with Crippen molar-refractivity contribution in [1.82, 2.24) is 9.38 Å². The molecule has 27 heavy (non-hydrogen) atoms. The van der Waals surface area contributed by atoms with Crippen LogP contribution in [0.1, 0.15) is 0 Å². The highest BCUT2D eigenvalue weighted by Crippen LogP contribution is 2.34. The smallest absolute Gasteiger partial charge is 0.270 e. The lowest BCUT2D eigenvalue weighted by Gasteiger charge is -2.00. The van der Waals surface area contributed by atoms with E-state index in [2.05, 4.69) is 15.2 Å². The fourth-order valence-electron chi connectivity index (χ4n) is 2.70. The second-order valence-corrected chi connectivity index (χ2v) is 5.74. The summed E-state index contributed by atoms with van der Waals surface area (Å²) in [5.41, 5.74) is 2.14. The molecule has 4 aromatic rings. The van der Waals surface area contributed by atoms with Gasteiger partial charge in [0.05, 0.1) is 10.6 Å². The number of imidazole rings is 1. The summed E-state index contributed by atoms with van der Waals surface area (Å²) in [5, 5.41) is 29.1. The van der Waals surface area contributed by atoms with Gasteiger partial charge in [-0.3, -0.25) is 14.5 Å². The summed E-state index contributed by atoms with van der Waals surface area (Å²) in [6.45, 7) is 0. The zero-order valence-electron chi connectivity index (χ0n) is 13.9. The number of benzene rings is 2. The minimum atomic E-state index is -0.451. The molecule has 0 saturated carbocycles. The van der Waals surface area contributed by atoms with Gasteiger partial charge in [0.25, 0.3) is 5.69 Å². The largest absolute Gasteiger partial charge is 0.508 e. The molecule has 0 spiro atoms. The maximum atomic E-state index is 11.1. The molecule has 0 aliphatic heterocycles. The molecule has 0 amide bonds. The summed E-state index contributed by atoms with van der Waals surface area (Å²) < 4.78 is 1.75.